The van der Waals surface area contributed by atoms with Crippen molar-refractivity contribution in [3.05, 3.63) is 57.0 Å². The molecule has 0 unspecified atom stereocenters. The van der Waals surface area contributed by atoms with Gasteiger partial charge in [-0.05, 0) is 24.6 Å². The lowest BCUT2D eigenvalue weighted by molar-refractivity contribution is -0.132. The Kier molecular flexibility index (Phi) is 5.58. The minimum atomic E-state index is -0.555. The van der Waals surface area contributed by atoms with E-state index in [9.17, 15) is 14.4 Å². The molecule has 154 valence electrons. The first-order valence-electron chi connectivity index (χ1n) is 9.39. The molecule has 0 saturated carbocycles. The van der Waals surface area contributed by atoms with Gasteiger partial charge in [-0.3, -0.25) is 14.2 Å². The van der Waals surface area contributed by atoms with Gasteiger partial charge in [-0.2, -0.15) is 0 Å². The van der Waals surface area contributed by atoms with Gasteiger partial charge < -0.3 is 14.4 Å². The van der Waals surface area contributed by atoms with E-state index < -0.39 is 11.2 Å². The third-order valence-corrected chi connectivity index (χ3v) is 5.05. The van der Waals surface area contributed by atoms with E-state index in [1.165, 1.54) is 10.9 Å². The van der Waals surface area contributed by atoms with Crippen molar-refractivity contribution in [1.82, 2.24) is 23.6 Å². The van der Waals surface area contributed by atoms with Crippen LogP contribution in [0.1, 0.15) is 12.5 Å². The van der Waals surface area contributed by atoms with Crippen molar-refractivity contribution in [3.8, 4) is 0 Å². The van der Waals surface area contributed by atoms with Crippen molar-refractivity contribution < 1.29 is 4.79 Å². The number of carbonyl (C=O) groups excluding carboxylic acids is 1. The standard InChI is InChI=1S/C20H26N6O3/c1-6-25(11-14-7-9-15(10-8-14)22(2)3)16(27)12-26-19(28)17-18(21-13-23(17)4)24(5)20(26)29/h7-10,13H,6,11-12H2,1-5H3. The van der Waals surface area contributed by atoms with E-state index in [0.717, 1.165) is 15.8 Å². The van der Waals surface area contributed by atoms with Gasteiger partial charge in [0, 0.05) is 47.0 Å². The van der Waals surface area contributed by atoms with E-state index in [4.69, 9.17) is 0 Å². The van der Waals surface area contributed by atoms with Gasteiger partial charge in [0.2, 0.25) is 5.91 Å². The van der Waals surface area contributed by atoms with Crippen LogP contribution in [0.4, 0.5) is 5.69 Å². The molecule has 0 aliphatic carbocycles. The van der Waals surface area contributed by atoms with E-state index in [-0.39, 0.29) is 12.5 Å². The molecule has 9 heteroatoms. The molecule has 0 saturated heterocycles. The Bertz CT molecular complexity index is 1150. The Balaban J connectivity index is 1.87. The van der Waals surface area contributed by atoms with Gasteiger partial charge in [0.1, 0.15) is 6.54 Å². The first kappa shape index (κ1) is 20.4. The van der Waals surface area contributed by atoms with Gasteiger partial charge in [0.05, 0.1) is 6.33 Å². The summed E-state index contributed by atoms with van der Waals surface area (Å²) in [5.74, 6) is -0.287. The highest BCUT2D eigenvalue weighted by molar-refractivity contribution is 5.77. The SMILES string of the molecule is CCN(Cc1ccc(N(C)C)cc1)C(=O)Cn1c(=O)c2c(ncn2C)n(C)c1=O. The normalized spacial score (nSPS) is 11.1. The van der Waals surface area contributed by atoms with Crippen molar-refractivity contribution in [2.24, 2.45) is 14.1 Å². The third kappa shape index (κ3) is 3.80. The lowest BCUT2D eigenvalue weighted by Crippen LogP contribution is -2.44. The Labute approximate surface area is 168 Å². The number of fused-ring (bicyclic) bond motifs is 1. The number of benzene rings is 1. The lowest BCUT2D eigenvalue weighted by atomic mass is 10.2. The molecule has 3 rings (SSSR count). The highest BCUT2D eigenvalue weighted by atomic mass is 16.2. The molecular weight excluding hydrogens is 372 g/mol. The number of nitrogens with zero attached hydrogens (tertiary/aromatic N) is 6. The Hall–Kier alpha value is -3.36. The Morgan fingerprint density at radius 3 is 2.34 bits per heavy atom. The van der Waals surface area contributed by atoms with Crippen LogP contribution in [0.25, 0.3) is 11.2 Å². The number of aryl methyl sites for hydroxylation is 2. The zero-order chi connectivity index (χ0) is 21.3. The number of likely N-dealkylation sites (N-methyl/N-ethyl adjacent to an activating group) is 1. The van der Waals surface area contributed by atoms with Crippen LogP contribution in [0.15, 0.2) is 40.2 Å². The van der Waals surface area contributed by atoms with E-state index in [1.54, 1.807) is 23.6 Å². The number of rotatable bonds is 6. The van der Waals surface area contributed by atoms with Crippen LogP contribution >= 0.6 is 0 Å². The molecule has 1 amide bonds. The minimum absolute atomic E-state index is 0.287. The largest absolute Gasteiger partial charge is 0.378 e. The van der Waals surface area contributed by atoms with Crippen LogP contribution in [0.2, 0.25) is 0 Å². The molecule has 0 N–H and O–H groups in total. The number of anilines is 1. The molecule has 0 aliphatic heterocycles. The fraction of sp³-hybridized carbons (Fsp3) is 0.400. The monoisotopic (exact) mass is 398 g/mol. The van der Waals surface area contributed by atoms with Crippen LogP contribution < -0.4 is 16.1 Å². The maximum Gasteiger partial charge on any atom is 0.332 e. The predicted molar refractivity (Wildman–Crippen MR) is 112 cm³/mol. The van der Waals surface area contributed by atoms with Crippen LogP contribution in [0, 0.1) is 0 Å². The van der Waals surface area contributed by atoms with Crippen LogP contribution in [-0.4, -0.2) is 50.1 Å². The summed E-state index contributed by atoms with van der Waals surface area (Å²) in [5, 5.41) is 0. The molecule has 0 aliphatic rings. The summed E-state index contributed by atoms with van der Waals surface area (Å²) in [6, 6.07) is 7.92. The topological polar surface area (TPSA) is 85.4 Å². The fourth-order valence-electron chi connectivity index (χ4n) is 3.27. The highest BCUT2D eigenvalue weighted by Gasteiger charge is 2.19. The maximum atomic E-state index is 12.9. The smallest absolute Gasteiger partial charge is 0.332 e. The second kappa shape index (κ2) is 7.94. The third-order valence-electron chi connectivity index (χ3n) is 5.05. The van der Waals surface area contributed by atoms with Crippen molar-refractivity contribution in [1.29, 1.82) is 0 Å². The maximum absolute atomic E-state index is 12.9. The molecule has 9 nitrogen and oxygen atoms in total. The number of hydrogen-bond donors (Lipinski definition) is 0. The van der Waals surface area contributed by atoms with E-state index in [2.05, 4.69) is 4.98 Å². The molecular formula is C20H26N6O3. The summed E-state index contributed by atoms with van der Waals surface area (Å²) in [6.45, 7) is 2.44. The number of aromatic nitrogens is 4. The van der Waals surface area contributed by atoms with Crippen molar-refractivity contribution >= 4 is 22.8 Å². The van der Waals surface area contributed by atoms with Gasteiger partial charge in [-0.15, -0.1) is 0 Å². The predicted octanol–water partition coefficient (Wildman–Crippen LogP) is 0.548. The first-order chi connectivity index (χ1) is 13.7. The summed E-state index contributed by atoms with van der Waals surface area (Å²) in [4.78, 5) is 46.0. The average molecular weight is 398 g/mol. The van der Waals surface area contributed by atoms with E-state index >= 15 is 0 Å². The minimum Gasteiger partial charge on any atom is -0.378 e. The molecule has 1 aromatic carbocycles. The summed E-state index contributed by atoms with van der Waals surface area (Å²) < 4.78 is 3.83. The molecule has 2 aromatic heterocycles. The van der Waals surface area contributed by atoms with Gasteiger partial charge in [-0.25, -0.2) is 14.3 Å². The molecule has 0 fully saturated rings. The second-order valence-electron chi connectivity index (χ2n) is 7.23. The summed E-state index contributed by atoms with van der Waals surface area (Å²) in [7, 11) is 7.16. The molecule has 29 heavy (non-hydrogen) atoms. The zero-order valence-electron chi connectivity index (χ0n) is 17.4. The van der Waals surface area contributed by atoms with Gasteiger partial charge in [0.15, 0.2) is 11.2 Å². The number of hydrogen-bond acceptors (Lipinski definition) is 5. The fourth-order valence-corrected chi connectivity index (χ4v) is 3.27. The molecule has 2 heterocycles. The van der Waals surface area contributed by atoms with Gasteiger partial charge >= 0.3 is 5.69 Å². The second-order valence-corrected chi connectivity index (χ2v) is 7.23. The van der Waals surface area contributed by atoms with Gasteiger partial charge in [0.25, 0.3) is 5.56 Å². The quantitative estimate of drug-likeness (QED) is 0.605. The van der Waals surface area contributed by atoms with E-state index in [1.807, 2.05) is 50.2 Å². The summed E-state index contributed by atoms with van der Waals surface area (Å²) in [6.07, 6.45) is 1.48. The average Bonchev–Trinajstić information content (AvgIpc) is 3.09. The zero-order valence-corrected chi connectivity index (χ0v) is 17.4. The van der Waals surface area contributed by atoms with Crippen LogP contribution in [0.5, 0.6) is 0 Å². The molecule has 3 aromatic rings. The molecule has 0 spiro atoms. The van der Waals surface area contributed by atoms with E-state index in [0.29, 0.717) is 24.3 Å². The molecule has 0 atom stereocenters. The summed E-state index contributed by atoms with van der Waals surface area (Å²) in [5.41, 5.74) is 1.58. The van der Waals surface area contributed by atoms with Crippen molar-refractivity contribution in [3.63, 3.8) is 0 Å². The number of carbonyl (C=O) groups is 1. The number of imidazole rings is 1. The first-order valence-corrected chi connectivity index (χ1v) is 9.39. The van der Waals surface area contributed by atoms with Gasteiger partial charge in [-0.1, -0.05) is 12.1 Å². The van der Waals surface area contributed by atoms with Crippen LogP contribution in [0.3, 0.4) is 0 Å². The van der Waals surface area contributed by atoms with Crippen molar-refractivity contribution in [2.75, 3.05) is 25.5 Å². The molecule has 0 bridgehead atoms. The summed E-state index contributed by atoms with van der Waals surface area (Å²) >= 11 is 0. The highest BCUT2D eigenvalue weighted by Crippen LogP contribution is 2.14. The molecule has 0 radical (unpaired) electrons. The lowest BCUT2D eigenvalue weighted by Gasteiger charge is -2.22. The Morgan fingerprint density at radius 2 is 1.76 bits per heavy atom. The Morgan fingerprint density at radius 1 is 1.10 bits per heavy atom. The number of amides is 1. The van der Waals surface area contributed by atoms with Crippen LogP contribution in [-0.2, 0) is 32.0 Å². The van der Waals surface area contributed by atoms with Crippen molar-refractivity contribution in [2.45, 2.75) is 20.0 Å².